The van der Waals surface area contributed by atoms with Crippen molar-refractivity contribution in [1.82, 2.24) is 9.97 Å². The number of ether oxygens (including phenoxy) is 4. The average Bonchev–Trinajstić information content (AvgIpc) is 2.57. The van der Waals surface area contributed by atoms with Gasteiger partial charge in [0.05, 0.1) is 14.2 Å². The molecule has 2 heterocycles. The standard InChI is InChI=1S/C8H8F3NO2.C8H9F2NO2/c1-5-4-12-7(3-6(5)13-2)14-8(9,10)11;1-5-4-11-7(13-8(9)10)3-6(5)12-2/h3-4H,1-2H3;3-4,8H,1-2H3. The maximum absolute atomic E-state index is 11.8. The van der Waals surface area contributed by atoms with Crippen molar-refractivity contribution in [3.05, 3.63) is 35.7 Å². The molecule has 11 heteroatoms. The summed E-state index contributed by atoms with van der Waals surface area (Å²) in [6, 6.07) is 2.41. The summed E-state index contributed by atoms with van der Waals surface area (Å²) in [5.74, 6) is 0.113. The molecule has 0 N–H and O–H groups in total. The van der Waals surface area contributed by atoms with E-state index >= 15 is 0 Å². The molecular formula is C16H17F5N2O4. The molecule has 0 spiro atoms. The van der Waals surface area contributed by atoms with Crippen LogP contribution in [-0.2, 0) is 0 Å². The topological polar surface area (TPSA) is 62.7 Å². The summed E-state index contributed by atoms with van der Waals surface area (Å²) in [6.07, 6.45) is -2.07. The van der Waals surface area contributed by atoms with Gasteiger partial charge in [0.15, 0.2) is 0 Å². The molecule has 0 bridgehead atoms. The lowest BCUT2D eigenvalue weighted by atomic mass is 10.3. The van der Waals surface area contributed by atoms with Crippen molar-refractivity contribution in [2.24, 2.45) is 0 Å². The normalized spacial score (nSPS) is 10.7. The zero-order chi connectivity index (χ0) is 20.6. The fourth-order valence-corrected chi connectivity index (χ4v) is 1.74. The second-order valence-electron chi connectivity index (χ2n) is 4.91. The van der Waals surface area contributed by atoms with Gasteiger partial charge in [0, 0.05) is 35.7 Å². The molecule has 0 radical (unpaired) electrons. The van der Waals surface area contributed by atoms with Gasteiger partial charge in [-0.15, -0.1) is 13.2 Å². The first-order chi connectivity index (χ1) is 12.6. The van der Waals surface area contributed by atoms with Crippen LogP contribution in [0.15, 0.2) is 24.5 Å². The van der Waals surface area contributed by atoms with Gasteiger partial charge in [-0.1, -0.05) is 0 Å². The zero-order valence-corrected chi connectivity index (χ0v) is 14.8. The summed E-state index contributed by atoms with van der Waals surface area (Å²) in [7, 11) is 2.81. The van der Waals surface area contributed by atoms with Crippen LogP contribution in [0.1, 0.15) is 11.1 Å². The molecule has 6 nitrogen and oxygen atoms in total. The number of nitrogens with zero attached hydrogens (tertiary/aromatic N) is 2. The van der Waals surface area contributed by atoms with Crippen molar-refractivity contribution in [2.75, 3.05) is 14.2 Å². The number of rotatable bonds is 5. The van der Waals surface area contributed by atoms with Crippen LogP contribution in [-0.4, -0.2) is 37.2 Å². The summed E-state index contributed by atoms with van der Waals surface area (Å²) in [4.78, 5) is 7.09. The quantitative estimate of drug-likeness (QED) is 0.703. The highest BCUT2D eigenvalue weighted by molar-refractivity contribution is 5.34. The lowest BCUT2D eigenvalue weighted by Gasteiger charge is -2.09. The van der Waals surface area contributed by atoms with E-state index in [1.807, 2.05) is 0 Å². The third-order valence-electron chi connectivity index (χ3n) is 2.93. The number of aryl methyl sites for hydroxylation is 2. The fourth-order valence-electron chi connectivity index (χ4n) is 1.74. The first kappa shape index (κ1) is 22.2. The Labute approximate surface area is 151 Å². The maximum atomic E-state index is 11.8. The van der Waals surface area contributed by atoms with Crippen LogP contribution in [0.2, 0.25) is 0 Å². The first-order valence-corrected chi connectivity index (χ1v) is 7.27. The average molecular weight is 396 g/mol. The Morgan fingerprint density at radius 3 is 1.70 bits per heavy atom. The summed E-state index contributed by atoms with van der Waals surface area (Å²) in [6.45, 7) is 0.571. The van der Waals surface area contributed by atoms with Gasteiger partial charge in [0.1, 0.15) is 11.5 Å². The molecular weight excluding hydrogens is 379 g/mol. The van der Waals surface area contributed by atoms with Crippen molar-refractivity contribution in [3.8, 4) is 23.3 Å². The highest BCUT2D eigenvalue weighted by Gasteiger charge is 2.32. The predicted molar refractivity (Wildman–Crippen MR) is 84.4 cm³/mol. The van der Waals surface area contributed by atoms with Crippen molar-refractivity contribution in [2.45, 2.75) is 26.8 Å². The van der Waals surface area contributed by atoms with E-state index in [1.165, 1.54) is 32.7 Å². The molecule has 0 unspecified atom stereocenters. The molecule has 0 aromatic carbocycles. The molecule has 0 aliphatic carbocycles. The minimum atomic E-state index is -4.73. The molecule has 2 aromatic heterocycles. The Morgan fingerprint density at radius 2 is 1.30 bits per heavy atom. The first-order valence-electron chi connectivity index (χ1n) is 7.27. The number of aromatic nitrogens is 2. The molecule has 0 saturated heterocycles. The Bertz CT molecular complexity index is 741. The molecule has 0 aliphatic rings. The molecule has 0 atom stereocenters. The van der Waals surface area contributed by atoms with Crippen LogP contribution >= 0.6 is 0 Å². The van der Waals surface area contributed by atoms with Crippen LogP contribution in [0.3, 0.4) is 0 Å². The monoisotopic (exact) mass is 396 g/mol. The molecule has 0 amide bonds. The lowest BCUT2D eigenvalue weighted by Crippen LogP contribution is -2.17. The van der Waals surface area contributed by atoms with Crippen LogP contribution in [0.5, 0.6) is 23.3 Å². The van der Waals surface area contributed by atoms with Crippen molar-refractivity contribution in [1.29, 1.82) is 0 Å². The van der Waals surface area contributed by atoms with Crippen molar-refractivity contribution >= 4 is 0 Å². The highest BCUT2D eigenvalue weighted by Crippen LogP contribution is 2.26. The van der Waals surface area contributed by atoms with Crippen molar-refractivity contribution in [3.63, 3.8) is 0 Å². The minimum absolute atomic E-state index is 0.141. The zero-order valence-electron chi connectivity index (χ0n) is 14.8. The van der Waals surface area contributed by atoms with E-state index in [9.17, 15) is 22.0 Å². The molecule has 0 fully saturated rings. The number of halogens is 5. The lowest BCUT2D eigenvalue weighted by molar-refractivity contribution is -0.276. The van der Waals surface area contributed by atoms with E-state index in [2.05, 4.69) is 19.4 Å². The van der Waals surface area contributed by atoms with Crippen LogP contribution < -0.4 is 18.9 Å². The Balaban J connectivity index is 0.000000271. The molecule has 2 rings (SSSR count). The van der Waals surface area contributed by atoms with E-state index in [0.717, 1.165) is 11.6 Å². The van der Waals surface area contributed by atoms with Gasteiger partial charge >= 0.3 is 13.0 Å². The second kappa shape index (κ2) is 9.74. The molecule has 27 heavy (non-hydrogen) atoms. The summed E-state index contributed by atoms with van der Waals surface area (Å²) in [5.41, 5.74) is 1.41. The summed E-state index contributed by atoms with van der Waals surface area (Å²) in [5, 5.41) is 0. The number of alkyl halides is 5. The maximum Gasteiger partial charge on any atom is 0.574 e. The second-order valence-corrected chi connectivity index (χ2v) is 4.91. The fraction of sp³-hybridized carbons (Fsp3) is 0.375. The van der Waals surface area contributed by atoms with Crippen LogP contribution in [0.4, 0.5) is 22.0 Å². The van der Waals surface area contributed by atoms with Gasteiger partial charge in [-0.2, -0.15) is 8.78 Å². The van der Waals surface area contributed by atoms with E-state index in [-0.39, 0.29) is 5.88 Å². The van der Waals surface area contributed by atoms with Crippen LogP contribution in [0, 0.1) is 13.8 Å². The highest BCUT2D eigenvalue weighted by atomic mass is 19.4. The SMILES string of the molecule is COc1cc(OC(F)(F)F)ncc1C.COc1cc(OC(F)F)ncc1C. The van der Waals surface area contributed by atoms with E-state index in [1.54, 1.807) is 13.8 Å². The van der Waals surface area contributed by atoms with Crippen molar-refractivity contribution < 1.29 is 40.9 Å². The Kier molecular flexibility index (Phi) is 8.00. The van der Waals surface area contributed by atoms with Gasteiger partial charge in [0.2, 0.25) is 11.8 Å². The van der Waals surface area contributed by atoms with E-state index < -0.39 is 18.9 Å². The predicted octanol–water partition coefficient (Wildman–Crippen LogP) is 4.30. The summed E-state index contributed by atoms with van der Waals surface area (Å²) < 4.78 is 76.2. The van der Waals surface area contributed by atoms with Gasteiger partial charge in [-0.25, -0.2) is 9.97 Å². The number of hydrogen-bond acceptors (Lipinski definition) is 6. The molecule has 0 saturated carbocycles. The Hall–Kier alpha value is -2.85. The third-order valence-corrected chi connectivity index (χ3v) is 2.93. The van der Waals surface area contributed by atoms with Gasteiger partial charge < -0.3 is 18.9 Å². The summed E-state index contributed by atoms with van der Waals surface area (Å²) >= 11 is 0. The molecule has 150 valence electrons. The number of pyridine rings is 2. The minimum Gasteiger partial charge on any atom is -0.496 e. The Morgan fingerprint density at radius 1 is 0.852 bits per heavy atom. The number of hydrogen-bond donors (Lipinski definition) is 0. The van der Waals surface area contributed by atoms with Gasteiger partial charge in [-0.3, -0.25) is 0 Å². The largest absolute Gasteiger partial charge is 0.574 e. The number of methoxy groups -OCH3 is 2. The van der Waals surface area contributed by atoms with E-state index in [4.69, 9.17) is 9.47 Å². The van der Waals surface area contributed by atoms with E-state index in [0.29, 0.717) is 17.1 Å². The smallest absolute Gasteiger partial charge is 0.496 e. The van der Waals surface area contributed by atoms with Gasteiger partial charge in [0.25, 0.3) is 0 Å². The molecule has 0 aliphatic heterocycles. The van der Waals surface area contributed by atoms with Gasteiger partial charge in [-0.05, 0) is 13.8 Å². The molecule has 2 aromatic rings. The van der Waals surface area contributed by atoms with Crippen LogP contribution in [0.25, 0.3) is 0 Å². The third kappa shape index (κ3) is 7.92.